The van der Waals surface area contributed by atoms with Crippen LogP contribution in [0.4, 0.5) is 0 Å². The smallest absolute Gasteiger partial charge is 0.306 e. The van der Waals surface area contributed by atoms with E-state index in [1.165, 1.54) is 89.9 Å². The van der Waals surface area contributed by atoms with Crippen LogP contribution >= 0.6 is 0 Å². The third-order valence-electron chi connectivity index (χ3n) is 12.0. The van der Waals surface area contributed by atoms with Gasteiger partial charge in [-0.3, -0.25) is 14.4 Å². The topological polar surface area (TPSA) is 78.9 Å². The first-order valence-corrected chi connectivity index (χ1v) is 29.0. The van der Waals surface area contributed by atoms with Crippen molar-refractivity contribution in [3.05, 3.63) is 122 Å². The van der Waals surface area contributed by atoms with Crippen LogP contribution in [0.1, 0.15) is 252 Å². The van der Waals surface area contributed by atoms with Gasteiger partial charge in [0, 0.05) is 19.3 Å². The highest BCUT2D eigenvalue weighted by molar-refractivity contribution is 5.71. The molecule has 0 fully saturated rings. The molecule has 0 heterocycles. The molecule has 6 nitrogen and oxygen atoms in total. The lowest BCUT2D eigenvalue weighted by Gasteiger charge is -2.18. The number of ether oxygens (including phenoxy) is 3. The predicted octanol–water partition coefficient (Wildman–Crippen LogP) is 19.6. The predicted molar refractivity (Wildman–Crippen MR) is 306 cm³/mol. The Labute approximate surface area is 437 Å². The summed E-state index contributed by atoms with van der Waals surface area (Å²) in [6.45, 7) is 6.34. The van der Waals surface area contributed by atoms with Crippen molar-refractivity contribution >= 4 is 17.9 Å². The molecule has 0 aliphatic carbocycles. The van der Waals surface area contributed by atoms with E-state index in [9.17, 15) is 14.4 Å². The molecule has 0 rings (SSSR count). The van der Waals surface area contributed by atoms with Gasteiger partial charge >= 0.3 is 17.9 Å². The highest BCUT2D eigenvalue weighted by Crippen LogP contribution is 2.15. The van der Waals surface area contributed by atoms with Crippen LogP contribution in [0, 0.1) is 0 Å². The first kappa shape index (κ1) is 66.8. The summed E-state index contributed by atoms with van der Waals surface area (Å²) >= 11 is 0. The van der Waals surface area contributed by atoms with E-state index < -0.39 is 6.10 Å². The van der Waals surface area contributed by atoms with E-state index in [0.29, 0.717) is 19.3 Å². The maximum atomic E-state index is 12.8. The quantitative estimate of drug-likeness (QED) is 0.0261. The van der Waals surface area contributed by atoms with Gasteiger partial charge in [0.15, 0.2) is 6.10 Å². The van der Waals surface area contributed by atoms with Crippen LogP contribution in [-0.4, -0.2) is 37.2 Å². The fourth-order valence-corrected chi connectivity index (χ4v) is 7.68. The summed E-state index contributed by atoms with van der Waals surface area (Å²) in [5.41, 5.74) is 0. The molecule has 0 aromatic heterocycles. The van der Waals surface area contributed by atoms with Crippen LogP contribution in [0.2, 0.25) is 0 Å². The summed E-state index contributed by atoms with van der Waals surface area (Å²) in [5, 5.41) is 0. The second kappa shape index (κ2) is 58.4. The van der Waals surface area contributed by atoms with E-state index in [4.69, 9.17) is 14.2 Å². The molecule has 0 radical (unpaired) electrons. The van der Waals surface area contributed by atoms with Gasteiger partial charge in [0.1, 0.15) is 13.2 Å². The number of hydrogen-bond donors (Lipinski definition) is 0. The first-order chi connectivity index (χ1) is 35.0. The molecule has 0 N–H and O–H groups in total. The molecule has 6 heteroatoms. The van der Waals surface area contributed by atoms with Crippen LogP contribution in [0.5, 0.6) is 0 Å². The summed E-state index contributed by atoms with van der Waals surface area (Å²) in [5.74, 6) is -1.00. The molecule has 71 heavy (non-hydrogen) atoms. The van der Waals surface area contributed by atoms with Gasteiger partial charge in [0.25, 0.3) is 0 Å². The van der Waals surface area contributed by atoms with Gasteiger partial charge in [-0.1, -0.05) is 251 Å². The monoisotopic (exact) mass is 983 g/mol. The van der Waals surface area contributed by atoms with E-state index in [1.54, 1.807) is 0 Å². The van der Waals surface area contributed by atoms with Gasteiger partial charge in [-0.05, 0) is 103 Å². The molecule has 0 aliphatic heterocycles. The summed E-state index contributed by atoms with van der Waals surface area (Å²) < 4.78 is 16.8. The number of unbranched alkanes of at least 4 members (excludes halogenated alkanes) is 20. The molecule has 1 atom stereocenters. The Morgan fingerprint density at radius 1 is 0.296 bits per heavy atom. The maximum absolute atomic E-state index is 12.8. The highest BCUT2D eigenvalue weighted by atomic mass is 16.6. The minimum Gasteiger partial charge on any atom is -0.462 e. The van der Waals surface area contributed by atoms with Gasteiger partial charge in [-0.25, -0.2) is 0 Å². The summed E-state index contributed by atoms with van der Waals surface area (Å²) in [7, 11) is 0. The molecule has 402 valence electrons. The van der Waals surface area contributed by atoms with Crippen LogP contribution in [0.15, 0.2) is 122 Å². The van der Waals surface area contributed by atoms with Crippen LogP contribution in [-0.2, 0) is 28.6 Å². The number of carbonyl (C=O) groups is 3. The van der Waals surface area contributed by atoms with Gasteiger partial charge in [0.2, 0.25) is 0 Å². The molecule has 0 spiro atoms. The SMILES string of the molecule is CC/C=C/C/C=C/C/C=C/C/C=C/C/C=C/CCCCCC(=O)OC[C@@H](COC(=O)CCCCCCCCCCCCCCCCCCC)OC(=O)CCC/C=C/C/C=C/C/C=C/C/C=C/C/C=C/CC. The Kier molecular flexibility index (Phi) is 54.9. The minimum atomic E-state index is -0.824. The van der Waals surface area contributed by atoms with E-state index in [2.05, 4.69) is 142 Å². The molecule has 0 saturated heterocycles. The standard InChI is InChI=1S/C65H106O6/c1-4-7-10-13-16-19-22-25-28-31-32-35-37-40-43-46-49-52-55-58-64(67)70-61-62(71-65(68)59-56-53-50-47-44-41-38-34-30-27-24-21-18-15-12-9-6-3)60-69-63(66)57-54-51-48-45-42-39-36-33-29-26-23-20-17-14-11-8-5-2/h7,9-10,12,16,18-19,21,25,27-28,30,32,35,38,40-41,43,47,50,62H,4-6,8,11,13-15,17,20,22-24,26,29,31,33-34,36-37,39,42,44-46,48-49,51-61H2,1-3H3/b10-7+,12-9+,19-16+,21-18+,28-25+,30-27+,35-32+,41-38+,43-40+,50-47+/t62-/m1/s1. The summed E-state index contributed by atoms with van der Waals surface area (Å²) in [6, 6.07) is 0. The van der Waals surface area contributed by atoms with Crippen LogP contribution in [0.3, 0.4) is 0 Å². The van der Waals surface area contributed by atoms with Gasteiger partial charge in [0.05, 0.1) is 0 Å². The van der Waals surface area contributed by atoms with Crippen molar-refractivity contribution in [2.45, 2.75) is 258 Å². The fourth-order valence-electron chi connectivity index (χ4n) is 7.68. The summed E-state index contributed by atoms with van der Waals surface area (Å²) in [6.07, 6.45) is 80.5. The van der Waals surface area contributed by atoms with E-state index >= 15 is 0 Å². The van der Waals surface area contributed by atoms with Crippen molar-refractivity contribution in [3.63, 3.8) is 0 Å². The second-order valence-corrected chi connectivity index (χ2v) is 18.8. The van der Waals surface area contributed by atoms with Crippen LogP contribution in [0.25, 0.3) is 0 Å². The Hall–Kier alpha value is -4.19. The van der Waals surface area contributed by atoms with Crippen molar-refractivity contribution < 1.29 is 28.6 Å². The van der Waals surface area contributed by atoms with E-state index in [1.807, 2.05) is 0 Å². The van der Waals surface area contributed by atoms with Crippen molar-refractivity contribution in [1.82, 2.24) is 0 Å². The van der Waals surface area contributed by atoms with Gasteiger partial charge < -0.3 is 14.2 Å². The maximum Gasteiger partial charge on any atom is 0.306 e. The average Bonchev–Trinajstić information content (AvgIpc) is 3.37. The van der Waals surface area contributed by atoms with Crippen molar-refractivity contribution in [2.75, 3.05) is 13.2 Å². The second-order valence-electron chi connectivity index (χ2n) is 18.8. The minimum absolute atomic E-state index is 0.112. The largest absolute Gasteiger partial charge is 0.462 e. The van der Waals surface area contributed by atoms with Crippen molar-refractivity contribution in [2.24, 2.45) is 0 Å². The lowest BCUT2D eigenvalue weighted by molar-refractivity contribution is -0.167. The molecule has 0 bridgehead atoms. The molecule has 0 amide bonds. The zero-order chi connectivity index (χ0) is 51.4. The molecule has 0 unspecified atom stereocenters. The number of carbonyl (C=O) groups excluding carboxylic acids is 3. The van der Waals surface area contributed by atoms with E-state index in [0.717, 1.165) is 116 Å². The Balaban J connectivity index is 4.53. The summed E-state index contributed by atoms with van der Waals surface area (Å²) in [4.78, 5) is 38.2. The van der Waals surface area contributed by atoms with Gasteiger partial charge in [-0.2, -0.15) is 0 Å². The van der Waals surface area contributed by atoms with Gasteiger partial charge in [-0.15, -0.1) is 0 Å². The number of hydrogen-bond acceptors (Lipinski definition) is 6. The Morgan fingerprint density at radius 2 is 0.563 bits per heavy atom. The molecule has 0 saturated carbocycles. The van der Waals surface area contributed by atoms with Crippen molar-refractivity contribution in [1.29, 1.82) is 0 Å². The highest BCUT2D eigenvalue weighted by Gasteiger charge is 2.19. The normalized spacial score (nSPS) is 13.0. The van der Waals surface area contributed by atoms with Crippen molar-refractivity contribution in [3.8, 4) is 0 Å². The molecule has 0 aliphatic rings. The molecule has 0 aromatic rings. The average molecular weight is 984 g/mol. The lowest BCUT2D eigenvalue weighted by Crippen LogP contribution is -2.30. The van der Waals surface area contributed by atoms with E-state index in [-0.39, 0.29) is 37.5 Å². The Bertz CT molecular complexity index is 1500. The zero-order valence-corrected chi connectivity index (χ0v) is 45.9. The third-order valence-corrected chi connectivity index (χ3v) is 12.0. The lowest BCUT2D eigenvalue weighted by atomic mass is 10.0. The first-order valence-electron chi connectivity index (χ1n) is 29.0. The molecular formula is C65H106O6. The Morgan fingerprint density at radius 3 is 0.901 bits per heavy atom. The number of rotatable bonds is 51. The number of allylic oxidation sites excluding steroid dienone is 20. The molecule has 0 aromatic carbocycles. The number of esters is 3. The zero-order valence-electron chi connectivity index (χ0n) is 45.9. The van der Waals surface area contributed by atoms with Crippen LogP contribution < -0.4 is 0 Å². The fraction of sp³-hybridized carbons (Fsp3) is 0.646. The third kappa shape index (κ3) is 56.6. The molecular weight excluding hydrogens is 877 g/mol.